The zero-order valence-corrected chi connectivity index (χ0v) is 14.9. The van der Waals surface area contributed by atoms with Gasteiger partial charge in [0, 0.05) is 25.0 Å². The van der Waals surface area contributed by atoms with E-state index in [0.29, 0.717) is 13.2 Å². The molecule has 0 saturated carbocycles. The molecule has 0 aliphatic carbocycles. The van der Waals surface area contributed by atoms with Crippen LogP contribution in [0.15, 0.2) is 42.5 Å². The number of rotatable bonds is 7. The molecule has 3 heteroatoms. The molecule has 1 aliphatic rings. The van der Waals surface area contributed by atoms with Crippen molar-refractivity contribution in [3.05, 3.63) is 42.5 Å². The van der Waals surface area contributed by atoms with Crippen molar-refractivity contribution < 1.29 is 9.47 Å². The molecule has 3 rings (SSSR count). The molecule has 2 unspecified atom stereocenters. The van der Waals surface area contributed by atoms with E-state index in [9.17, 15) is 0 Å². The van der Waals surface area contributed by atoms with Crippen LogP contribution in [0, 0.1) is 11.8 Å². The molecule has 0 N–H and O–H groups in total. The van der Waals surface area contributed by atoms with Crippen molar-refractivity contribution in [2.24, 2.45) is 11.8 Å². The van der Waals surface area contributed by atoms with Gasteiger partial charge in [0.1, 0.15) is 12.4 Å². The van der Waals surface area contributed by atoms with Gasteiger partial charge >= 0.3 is 0 Å². The molecule has 1 saturated heterocycles. The number of hydrogen-bond donors (Lipinski definition) is 0. The molecule has 3 nitrogen and oxygen atoms in total. The van der Waals surface area contributed by atoms with E-state index in [1.807, 2.05) is 18.2 Å². The Morgan fingerprint density at radius 2 is 1.67 bits per heavy atom. The molecule has 1 aliphatic heterocycles. The average Bonchev–Trinajstić information content (AvgIpc) is 2.57. The zero-order chi connectivity index (χ0) is 16.8. The normalized spacial score (nSPS) is 21.9. The lowest BCUT2D eigenvalue weighted by molar-refractivity contribution is 0.0597. The summed E-state index contributed by atoms with van der Waals surface area (Å²) in [6.07, 6.45) is 1.36. The van der Waals surface area contributed by atoms with Crippen LogP contribution in [0.3, 0.4) is 0 Å². The third-order valence-corrected chi connectivity index (χ3v) is 4.73. The summed E-state index contributed by atoms with van der Waals surface area (Å²) < 4.78 is 11.7. The van der Waals surface area contributed by atoms with Crippen LogP contribution in [0.2, 0.25) is 0 Å². The molecule has 0 amide bonds. The molecular weight excluding hydrogens is 298 g/mol. The molecule has 0 spiro atoms. The van der Waals surface area contributed by atoms with E-state index < -0.39 is 0 Å². The Bertz CT molecular complexity index is 627. The van der Waals surface area contributed by atoms with E-state index >= 15 is 0 Å². The molecule has 0 aromatic heterocycles. The van der Waals surface area contributed by atoms with Crippen LogP contribution >= 0.6 is 0 Å². The first kappa shape index (κ1) is 17.2. The van der Waals surface area contributed by atoms with E-state index in [1.165, 1.54) is 24.9 Å². The van der Waals surface area contributed by atoms with Crippen molar-refractivity contribution in [2.75, 3.05) is 39.5 Å². The summed E-state index contributed by atoms with van der Waals surface area (Å²) in [6.45, 7) is 10.2. The second kappa shape index (κ2) is 8.50. The Morgan fingerprint density at radius 1 is 0.917 bits per heavy atom. The average molecular weight is 327 g/mol. The smallest absolute Gasteiger partial charge is 0.127 e. The number of ether oxygens (including phenoxy) is 2. The molecular formula is C21H29NO2. The second-order valence-electron chi connectivity index (χ2n) is 7.14. The van der Waals surface area contributed by atoms with Crippen LogP contribution in [0.1, 0.15) is 20.3 Å². The third-order valence-electron chi connectivity index (χ3n) is 4.73. The third kappa shape index (κ3) is 4.71. The topological polar surface area (TPSA) is 21.7 Å². The van der Waals surface area contributed by atoms with Gasteiger partial charge in [-0.15, -0.1) is 0 Å². The molecule has 2 atom stereocenters. The highest BCUT2D eigenvalue weighted by Gasteiger charge is 2.21. The molecule has 130 valence electrons. The lowest BCUT2D eigenvalue weighted by atomic mass is 9.92. The van der Waals surface area contributed by atoms with Crippen LogP contribution in [0.25, 0.3) is 10.8 Å². The maximum absolute atomic E-state index is 5.91. The van der Waals surface area contributed by atoms with Gasteiger partial charge in [0.2, 0.25) is 0 Å². The predicted octanol–water partition coefficient (Wildman–Crippen LogP) is 4.21. The van der Waals surface area contributed by atoms with Crippen molar-refractivity contribution in [1.29, 1.82) is 0 Å². The number of hydrogen-bond acceptors (Lipinski definition) is 3. The SMILES string of the molecule is CC1CC(C)CN(CCOCCOc2cccc3ccccc23)C1. The fourth-order valence-electron chi connectivity index (χ4n) is 3.80. The van der Waals surface area contributed by atoms with E-state index in [0.717, 1.165) is 36.1 Å². The first-order chi connectivity index (χ1) is 11.7. The van der Waals surface area contributed by atoms with Crippen molar-refractivity contribution in [3.8, 4) is 5.75 Å². The molecule has 2 aromatic carbocycles. The highest BCUT2D eigenvalue weighted by molar-refractivity contribution is 5.88. The first-order valence-electron chi connectivity index (χ1n) is 9.13. The maximum Gasteiger partial charge on any atom is 0.127 e. The van der Waals surface area contributed by atoms with Crippen LogP contribution in [-0.2, 0) is 4.74 Å². The molecule has 2 aromatic rings. The standard InChI is InChI=1S/C21H29NO2/c1-17-14-18(2)16-22(15-17)10-11-23-12-13-24-21-9-5-7-19-6-3-4-8-20(19)21/h3-9,17-18H,10-16H2,1-2H3. The van der Waals surface area contributed by atoms with Crippen LogP contribution in [-0.4, -0.2) is 44.4 Å². The van der Waals surface area contributed by atoms with Gasteiger partial charge in [-0.25, -0.2) is 0 Å². The van der Waals surface area contributed by atoms with Crippen molar-refractivity contribution in [2.45, 2.75) is 20.3 Å². The minimum Gasteiger partial charge on any atom is -0.491 e. The number of benzene rings is 2. The van der Waals surface area contributed by atoms with Gasteiger partial charge in [-0.1, -0.05) is 50.2 Å². The summed E-state index contributed by atoms with van der Waals surface area (Å²) in [4.78, 5) is 2.53. The summed E-state index contributed by atoms with van der Waals surface area (Å²) >= 11 is 0. The number of nitrogens with zero attached hydrogens (tertiary/aromatic N) is 1. The van der Waals surface area contributed by atoms with E-state index in [1.54, 1.807) is 0 Å². The van der Waals surface area contributed by atoms with Gasteiger partial charge in [0.05, 0.1) is 13.2 Å². The number of piperidine rings is 1. The van der Waals surface area contributed by atoms with E-state index in [4.69, 9.17) is 9.47 Å². The Balaban J connectivity index is 1.37. The number of fused-ring (bicyclic) bond motifs is 1. The predicted molar refractivity (Wildman–Crippen MR) is 99.6 cm³/mol. The van der Waals surface area contributed by atoms with Crippen molar-refractivity contribution in [3.63, 3.8) is 0 Å². The summed E-state index contributed by atoms with van der Waals surface area (Å²) in [5, 5.41) is 2.38. The van der Waals surface area contributed by atoms with E-state index in [2.05, 4.69) is 43.0 Å². The molecule has 1 fully saturated rings. The van der Waals surface area contributed by atoms with Crippen LogP contribution < -0.4 is 4.74 Å². The Hall–Kier alpha value is -1.58. The highest BCUT2D eigenvalue weighted by Crippen LogP contribution is 2.25. The monoisotopic (exact) mass is 327 g/mol. The number of likely N-dealkylation sites (tertiary alicyclic amines) is 1. The molecule has 0 bridgehead atoms. The van der Waals surface area contributed by atoms with E-state index in [-0.39, 0.29) is 0 Å². The molecule has 0 radical (unpaired) electrons. The van der Waals surface area contributed by atoms with Gasteiger partial charge in [-0.05, 0) is 29.7 Å². The van der Waals surface area contributed by atoms with Crippen LogP contribution in [0.4, 0.5) is 0 Å². The lowest BCUT2D eigenvalue weighted by Gasteiger charge is -2.34. The highest BCUT2D eigenvalue weighted by atomic mass is 16.5. The maximum atomic E-state index is 5.91. The Morgan fingerprint density at radius 3 is 2.50 bits per heavy atom. The second-order valence-corrected chi connectivity index (χ2v) is 7.14. The summed E-state index contributed by atoms with van der Waals surface area (Å²) in [6, 6.07) is 14.5. The molecule has 1 heterocycles. The minimum atomic E-state index is 0.598. The van der Waals surface area contributed by atoms with Gasteiger partial charge in [-0.2, -0.15) is 0 Å². The fourth-order valence-corrected chi connectivity index (χ4v) is 3.80. The lowest BCUT2D eigenvalue weighted by Crippen LogP contribution is -2.40. The molecule has 24 heavy (non-hydrogen) atoms. The minimum absolute atomic E-state index is 0.598. The Labute approximate surface area is 145 Å². The first-order valence-corrected chi connectivity index (χ1v) is 9.13. The van der Waals surface area contributed by atoms with Gasteiger partial charge < -0.3 is 14.4 Å². The Kier molecular flexibility index (Phi) is 6.11. The fraction of sp³-hybridized carbons (Fsp3) is 0.524. The largest absolute Gasteiger partial charge is 0.491 e. The van der Waals surface area contributed by atoms with Gasteiger partial charge in [0.25, 0.3) is 0 Å². The quantitative estimate of drug-likeness (QED) is 0.711. The van der Waals surface area contributed by atoms with Crippen molar-refractivity contribution >= 4 is 10.8 Å². The van der Waals surface area contributed by atoms with Gasteiger partial charge in [0.15, 0.2) is 0 Å². The zero-order valence-electron chi connectivity index (χ0n) is 14.9. The van der Waals surface area contributed by atoms with Crippen molar-refractivity contribution in [1.82, 2.24) is 4.90 Å². The summed E-state index contributed by atoms with van der Waals surface area (Å²) in [5.74, 6) is 2.56. The van der Waals surface area contributed by atoms with Crippen LogP contribution in [0.5, 0.6) is 5.75 Å². The summed E-state index contributed by atoms with van der Waals surface area (Å²) in [5.41, 5.74) is 0. The van der Waals surface area contributed by atoms with Gasteiger partial charge in [-0.3, -0.25) is 0 Å². The summed E-state index contributed by atoms with van der Waals surface area (Å²) in [7, 11) is 0.